The van der Waals surface area contributed by atoms with E-state index in [4.69, 9.17) is 0 Å². The molecule has 84 valence electrons. The van der Waals surface area contributed by atoms with Crippen LogP contribution in [0.5, 0.6) is 0 Å². The van der Waals surface area contributed by atoms with Gasteiger partial charge in [0.25, 0.3) is 0 Å². The van der Waals surface area contributed by atoms with Gasteiger partial charge >= 0.3 is 0 Å². The summed E-state index contributed by atoms with van der Waals surface area (Å²) in [5, 5.41) is 0. The van der Waals surface area contributed by atoms with Crippen molar-refractivity contribution in [2.75, 3.05) is 0 Å². The van der Waals surface area contributed by atoms with E-state index in [0.29, 0.717) is 18.4 Å². The van der Waals surface area contributed by atoms with Gasteiger partial charge in [-0.3, -0.25) is 4.79 Å². The van der Waals surface area contributed by atoms with Crippen molar-refractivity contribution >= 4 is 12.1 Å². The van der Waals surface area contributed by atoms with Crippen molar-refractivity contribution in [3.8, 4) is 0 Å². The van der Waals surface area contributed by atoms with Crippen LogP contribution >= 0.6 is 0 Å². The van der Waals surface area contributed by atoms with Crippen molar-refractivity contribution in [1.29, 1.82) is 0 Å². The van der Waals surface area contributed by atoms with Crippen molar-refractivity contribution in [1.82, 2.24) is 0 Å². The molecule has 1 saturated carbocycles. The second-order valence-corrected chi connectivity index (χ2v) is 4.53. The number of carbonyl (C=O) groups is 2. The van der Waals surface area contributed by atoms with Gasteiger partial charge in [-0.05, 0) is 12.8 Å². The monoisotopic (exact) mass is 216 g/mol. The molecule has 2 rings (SSSR count). The Balaban J connectivity index is 2.28. The number of ketones is 1. The molecular formula is C14H16O2. The Morgan fingerprint density at radius 1 is 1.06 bits per heavy atom. The van der Waals surface area contributed by atoms with E-state index in [1.807, 2.05) is 18.2 Å². The zero-order valence-electron chi connectivity index (χ0n) is 9.32. The van der Waals surface area contributed by atoms with Gasteiger partial charge in [-0.15, -0.1) is 0 Å². The summed E-state index contributed by atoms with van der Waals surface area (Å²) in [6.07, 6.45) is 5.40. The predicted molar refractivity (Wildman–Crippen MR) is 62.4 cm³/mol. The number of benzene rings is 1. The van der Waals surface area contributed by atoms with Crippen molar-refractivity contribution < 1.29 is 9.59 Å². The number of hydrogen-bond donors (Lipinski definition) is 0. The summed E-state index contributed by atoms with van der Waals surface area (Å²) in [6, 6.07) is 9.15. The highest BCUT2D eigenvalue weighted by Gasteiger charge is 2.39. The fourth-order valence-corrected chi connectivity index (χ4v) is 2.46. The molecule has 0 unspecified atom stereocenters. The molecule has 1 aliphatic carbocycles. The predicted octanol–water partition coefficient (Wildman–Crippen LogP) is 3.02. The average Bonchev–Trinajstić information content (AvgIpc) is 2.39. The van der Waals surface area contributed by atoms with Crippen molar-refractivity contribution in [2.45, 2.75) is 32.1 Å². The Labute approximate surface area is 95.7 Å². The van der Waals surface area contributed by atoms with Crippen LogP contribution in [0.4, 0.5) is 0 Å². The summed E-state index contributed by atoms with van der Waals surface area (Å²) < 4.78 is 0. The maximum atomic E-state index is 12.3. The van der Waals surface area contributed by atoms with E-state index in [-0.39, 0.29) is 5.78 Å². The van der Waals surface area contributed by atoms with E-state index in [1.54, 1.807) is 12.1 Å². The summed E-state index contributed by atoms with van der Waals surface area (Å²) >= 11 is 0. The molecular weight excluding hydrogens is 200 g/mol. The lowest BCUT2D eigenvalue weighted by molar-refractivity contribution is -0.115. The summed E-state index contributed by atoms with van der Waals surface area (Å²) in [4.78, 5) is 23.6. The van der Waals surface area contributed by atoms with E-state index in [1.165, 1.54) is 0 Å². The molecule has 2 heteroatoms. The van der Waals surface area contributed by atoms with Crippen LogP contribution in [0.25, 0.3) is 0 Å². The molecule has 0 aliphatic heterocycles. The lowest BCUT2D eigenvalue weighted by Crippen LogP contribution is -2.35. The van der Waals surface area contributed by atoms with E-state index >= 15 is 0 Å². The largest absolute Gasteiger partial charge is 0.302 e. The van der Waals surface area contributed by atoms with Crippen molar-refractivity contribution in [2.24, 2.45) is 5.41 Å². The Hall–Kier alpha value is -1.44. The summed E-state index contributed by atoms with van der Waals surface area (Å²) in [5.41, 5.74) is -0.0731. The van der Waals surface area contributed by atoms with Crippen LogP contribution in [-0.2, 0) is 4.79 Å². The molecule has 1 aromatic carbocycles. The molecule has 2 nitrogen and oxygen atoms in total. The van der Waals surface area contributed by atoms with E-state index < -0.39 is 5.41 Å². The molecule has 0 N–H and O–H groups in total. The molecule has 0 aromatic heterocycles. The molecule has 1 aliphatic rings. The van der Waals surface area contributed by atoms with Crippen LogP contribution in [0.2, 0.25) is 0 Å². The number of carbonyl (C=O) groups excluding carboxylic acids is 2. The maximum Gasteiger partial charge on any atom is 0.176 e. The topological polar surface area (TPSA) is 34.1 Å². The average molecular weight is 216 g/mol. The molecule has 0 saturated heterocycles. The van der Waals surface area contributed by atoms with Gasteiger partial charge in [-0.25, -0.2) is 0 Å². The lowest BCUT2D eigenvalue weighted by atomic mass is 9.70. The normalized spacial score (nSPS) is 19.0. The summed E-state index contributed by atoms with van der Waals surface area (Å²) in [6.45, 7) is 0. The first-order valence-corrected chi connectivity index (χ1v) is 5.85. The molecule has 0 amide bonds. The van der Waals surface area contributed by atoms with Crippen molar-refractivity contribution in [3.05, 3.63) is 35.9 Å². The van der Waals surface area contributed by atoms with Gasteiger partial charge in [-0.1, -0.05) is 49.6 Å². The van der Waals surface area contributed by atoms with Crippen LogP contribution in [0, 0.1) is 5.41 Å². The minimum absolute atomic E-state index is 0.00259. The number of Topliss-reactive ketones (excluding diaryl/α,β-unsaturated/α-hetero) is 1. The van der Waals surface area contributed by atoms with Gasteiger partial charge < -0.3 is 4.79 Å². The van der Waals surface area contributed by atoms with Crippen LogP contribution in [0.1, 0.15) is 42.5 Å². The third kappa shape index (κ3) is 1.92. The third-order valence-corrected chi connectivity index (χ3v) is 3.46. The number of rotatable bonds is 3. The Morgan fingerprint density at radius 3 is 2.25 bits per heavy atom. The number of hydrogen-bond acceptors (Lipinski definition) is 2. The number of aldehydes is 1. The molecule has 1 fully saturated rings. The quantitative estimate of drug-likeness (QED) is 0.442. The van der Waals surface area contributed by atoms with Gasteiger partial charge in [-0.2, -0.15) is 0 Å². The fraction of sp³-hybridized carbons (Fsp3) is 0.429. The molecule has 0 heterocycles. The highest BCUT2D eigenvalue weighted by molar-refractivity contribution is 6.08. The van der Waals surface area contributed by atoms with Crippen LogP contribution in [0.3, 0.4) is 0 Å². The van der Waals surface area contributed by atoms with E-state index in [0.717, 1.165) is 25.5 Å². The molecule has 1 aromatic rings. The first-order valence-electron chi connectivity index (χ1n) is 5.85. The second-order valence-electron chi connectivity index (χ2n) is 4.53. The molecule has 0 atom stereocenters. The molecule has 0 spiro atoms. The van der Waals surface area contributed by atoms with Gasteiger partial charge in [0.2, 0.25) is 0 Å². The summed E-state index contributed by atoms with van der Waals surface area (Å²) in [7, 11) is 0. The zero-order chi connectivity index (χ0) is 11.4. The van der Waals surface area contributed by atoms with Gasteiger partial charge in [0, 0.05) is 5.56 Å². The third-order valence-electron chi connectivity index (χ3n) is 3.46. The minimum Gasteiger partial charge on any atom is -0.302 e. The Bertz CT molecular complexity index is 375. The lowest BCUT2D eigenvalue weighted by Gasteiger charge is -2.30. The standard InChI is InChI=1S/C14H16O2/c15-11-14(9-5-2-6-10-14)13(16)12-7-3-1-4-8-12/h1,3-4,7-8,11H,2,5-6,9-10H2. The van der Waals surface area contributed by atoms with Crippen LogP contribution in [0.15, 0.2) is 30.3 Å². The molecule has 0 bridgehead atoms. The van der Waals surface area contributed by atoms with Crippen LogP contribution in [-0.4, -0.2) is 12.1 Å². The highest BCUT2D eigenvalue weighted by Crippen LogP contribution is 2.37. The molecule has 16 heavy (non-hydrogen) atoms. The molecule has 0 radical (unpaired) electrons. The van der Waals surface area contributed by atoms with E-state index in [9.17, 15) is 9.59 Å². The smallest absolute Gasteiger partial charge is 0.176 e. The van der Waals surface area contributed by atoms with Gasteiger partial charge in [0.05, 0.1) is 5.41 Å². The SMILES string of the molecule is O=CC1(C(=O)c2ccccc2)CCCCC1. The summed E-state index contributed by atoms with van der Waals surface area (Å²) in [5.74, 6) is 0.00259. The van der Waals surface area contributed by atoms with Gasteiger partial charge in [0.1, 0.15) is 6.29 Å². The van der Waals surface area contributed by atoms with Crippen molar-refractivity contribution in [3.63, 3.8) is 0 Å². The first kappa shape index (κ1) is 11.1. The maximum absolute atomic E-state index is 12.3. The minimum atomic E-state index is -0.737. The van der Waals surface area contributed by atoms with E-state index in [2.05, 4.69) is 0 Å². The highest BCUT2D eigenvalue weighted by atomic mass is 16.1. The van der Waals surface area contributed by atoms with Gasteiger partial charge in [0.15, 0.2) is 5.78 Å². The van der Waals surface area contributed by atoms with Crippen LogP contribution < -0.4 is 0 Å². The zero-order valence-corrected chi connectivity index (χ0v) is 9.32. The first-order chi connectivity index (χ1) is 7.78. The Morgan fingerprint density at radius 2 is 1.69 bits per heavy atom. The fourth-order valence-electron chi connectivity index (χ4n) is 2.46. The second kappa shape index (κ2) is 4.60. The Kier molecular flexibility index (Phi) is 3.18.